The van der Waals surface area contributed by atoms with Crippen LogP contribution in [-0.2, 0) is 9.59 Å². The third-order valence-electron chi connectivity index (χ3n) is 3.93. The molecule has 0 radical (unpaired) electrons. The van der Waals surface area contributed by atoms with Crippen LogP contribution < -0.4 is 5.32 Å². The molecule has 0 unspecified atom stereocenters. The molecule has 0 aliphatic carbocycles. The van der Waals surface area contributed by atoms with E-state index in [9.17, 15) is 9.59 Å². The number of carbonyl (C=O) groups is 2. The van der Waals surface area contributed by atoms with Crippen LogP contribution in [0.3, 0.4) is 0 Å². The van der Waals surface area contributed by atoms with Crippen LogP contribution in [0, 0.1) is 0 Å². The van der Waals surface area contributed by atoms with Crippen LogP contribution in [0.4, 0.5) is 0 Å². The molecule has 2 amide bonds. The number of nitrogens with zero attached hydrogens (tertiary/aromatic N) is 2. The normalized spacial score (nSPS) is 16.1. The molecule has 1 aliphatic rings. The Bertz CT molecular complexity index is 691. The molecule has 1 aromatic carbocycles. The van der Waals surface area contributed by atoms with E-state index in [0.717, 1.165) is 5.56 Å². The maximum Gasteiger partial charge on any atom is 0.246 e. The van der Waals surface area contributed by atoms with Crippen LogP contribution in [0.15, 0.2) is 24.3 Å². The van der Waals surface area contributed by atoms with Gasteiger partial charge in [0.15, 0.2) is 0 Å². The fourth-order valence-corrected chi connectivity index (χ4v) is 2.98. The van der Waals surface area contributed by atoms with Gasteiger partial charge in [-0.3, -0.25) is 14.5 Å². The summed E-state index contributed by atoms with van der Waals surface area (Å²) in [7, 11) is 0. The van der Waals surface area contributed by atoms with Crippen LogP contribution in [-0.4, -0.2) is 59.9 Å². The predicted molar refractivity (Wildman–Crippen MR) is 106 cm³/mol. The number of piperazine rings is 1. The zero-order valence-electron chi connectivity index (χ0n) is 15.4. The molecule has 0 saturated carbocycles. The second-order valence-electron chi connectivity index (χ2n) is 7.41. The van der Waals surface area contributed by atoms with Gasteiger partial charge >= 0.3 is 0 Å². The van der Waals surface area contributed by atoms with Crippen LogP contribution in [0.5, 0.6) is 0 Å². The molecule has 26 heavy (non-hydrogen) atoms. The lowest BCUT2D eigenvalue weighted by Crippen LogP contribution is -2.52. The Kier molecular flexibility index (Phi) is 7.09. The van der Waals surface area contributed by atoms with Gasteiger partial charge in [-0.2, -0.15) is 0 Å². The maximum absolute atomic E-state index is 12.3. The van der Waals surface area contributed by atoms with Crippen molar-refractivity contribution in [3.05, 3.63) is 39.9 Å². The van der Waals surface area contributed by atoms with Gasteiger partial charge < -0.3 is 10.2 Å². The summed E-state index contributed by atoms with van der Waals surface area (Å²) in [6.45, 7) is 8.82. The third-order valence-corrected chi connectivity index (χ3v) is 4.67. The highest BCUT2D eigenvalue weighted by Gasteiger charge is 2.22. The Balaban J connectivity index is 1.81. The van der Waals surface area contributed by atoms with Gasteiger partial charge in [-0.05, 0) is 44.5 Å². The lowest BCUT2D eigenvalue weighted by molar-refractivity contribution is -0.128. The molecule has 0 aromatic heterocycles. The Labute approximate surface area is 164 Å². The highest BCUT2D eigenvalue weighted by atomic mass is 35.5. The van der Waals surface area contributed by atoms with E-state index in [2.05, 4.69) is 10.2 Å². The number of nitrogens with one attached hydrogen (secondary N) is 1. The van der Waals surface area contributed by atoms with Gasteiger partial charge in [0.2, 0.25) is 11.8 Å². The number of hydrogen-bond acceptors (Lipinski definition) is 3. The quantitative estimate of drug-likeness (QED) is 0.794. The van der Waals surface area contributed by atoms with Crippen molar-refractivity contribution < 1.29 is 9.59 Å². The van der Waals surface area contributed by atoms with Crippen molar-refractivity contribution in [2.24, 2.45) is 0 Å². The number of amides is 2. The summed E-state index contributed by atoms with van der Waals surface area (Å²) in [4.78, 5) is 28.2. The average Bonchev–Trinajstić information content (AvgIpc) is 2.54. The first-order valence-electron chi connectivity index (χ1n) is 8.59. The van der Waals surface area contributed by atoms with Crippen LogP contribution in [0.1, 0.15) is 26.3 Å². The highest BCUT2D eigenvalue weighted by Crippen LogP contribution is 2.23. The zero-order valence-corrected chi connectivity index (χ0v) is 16.9. The lowest BCUT2D eigenvalue weighted by Gasteiger charge is -2.34. The summed E-state index contributed by atoms with van der Waals surface area (Å²) >= 11 is 11.9. The highest BCUT2D eigenvalue weighted by molar-refractivity contribution is 6.42. The summed E-state index contributed by atoms with van der Waals surface area (Å²) in [5.41, 5.74) is 0.592. The molecule has 1 aromatic rings. The van der Waals surface area contributed by atoms with Gasteiger partial charge in [0, 0.05) is 37.8 Å². The van der Waals surface area contributed by atoms with Crippen molar-refractivity contribution in [2.45, 2.75) is 26.3 Å². The summed E-state index contributed by atoms with van der Waals surface area (Å²) in [5.74, 6) is -0.0355. The fourth-order valence-electron chi connectivity index (χ4n) is 2.68. The molecule has 5 nitrogen and oxygen atoms in total. The number of benzene rings is 1. The molecule has 142 valence electrons. The summed E-state index contributed by atoms with van der Waals surface area (Å²) in [5, 5.41) is 3.90. The molecular weight excluding hydrogens is 373 g/mol. The van der Waals surface area contributed by atoms with Gasteiger partial charge in [0.1, 0.15) is 0 Å². The number of rotatable bonds is 4. The van der Waals surface area contributed by atoms with E-state index in [0.29, 0.717) is 42.8 Å². The van der Waals surface area contributed by atoms with Gasteiger partial charge in [0.25, 0.3) is 0 Å². The molecule has 1 N–H and O–H groups in total. The van der Waals surface area contributed by atoms with Crippen molar-refractivity contribution >= 4 is 41.1 Å². The van der Waals surface area contributed by atoms with Crippen molar-refractivity contribution in [3.63, 3.8) is 0 Å². The minimum atomic E-state index is -0.232. The molecule has 1 aliphatic heterocycles. The maximum atomic E-state index is 12.3. The average molecular weight is 398 g/mol. The first kappa shape index (κ1) is 20.7. The number of halogens is 2. The molecule has 2 rings (SSSR count). The summed E-state index contributed by atoms with van der Waals surface area (Å²) < 4.78 is 0. The largest absolute Gasteiger partial charge is 0.350 e. The van der Waals surface area contributed by atoms with Crippen molar-refractivity contribution in [2.75, 3.05) is 32.7 Å². The predicted octanol–water partition coefficient (Wildman–Crippen LogP) is 3.07. The zero-order chi connectivity index (χ0) is 19.3. The smallest absolute Gasteiger partial charge is 0.246 e. The van der Waals surface area contributed by atoms with Gasteiger partial charge in [-0.15, -0.1) is 0 Å². The number of hydrogen-bond donors (Lipinski definition) is 1. The van der Waals surface area contributed by atoms with Gasteiger partial charge in [-0.1, -0.05) is 29.3 Å². The second kappa shape index (κ2) is 8.89. The van der Waals surface area contributed by atoms with Gasteiger partial charge in [-0.25, -0.2) is 0 Å². The van der Waals surface area contributed by atoms with Crippen LogP contribution in [0.2, 0.25) is 10.0 Å². The minimum absolute atomic E-state index is 0.0109. The molecule has 1 heterocycles. The van der Waals surface area contributed by atoms with Crippen LogP contribution >= 0.6 is 23.2 Å². The van der Waals surface area contributed by atoms with E-state index >= 15 is 0 Å². The summed E-state index contributed by atoms with van der Waals surface area (Å²) in [6.07, 6.45) is 3.27. The Hall–Kier alpha value is -1.56. The molecule has 7 heteroatoms. The number of carbonyl (C=O) groups excluding carboxylic acids is 2. The van der Waals surface area contributed by atoms with Gasteiger partial charge in [0.05, 0.1) is 16.6 Å². The van der Waals surface area contributed by atoms with Crippen LogP contribution in [0.25, 0.3) is 6.08 Å². The van der Waals surface area contributed by atoms with Crippen molar-refractivity contribution in [1.29, 1.82) is 0 Å². The molecular formula is C19H25Cl2N3O2. The molecule has 1 saturated heterocycles. The first-order valence-corrected chi connectivity index (χ1v) is 9.35. The van der Waals surface area contributed by atoms with E-state index < -0.39 is 0 Å². The van der Waals surface area contributed by atoms with E-state index in [4.69, 9.17) is 23.2 Å². The fraction of sp³-hybridized carbons (Fsp3) is 0.474. The second-order valence-corrected chi connectivity index (χ2v) is 8.22. The van der Waals surface area contributed by atoms with E-state index in [-0.39, 0.29) is 17.4 Å². The van der Waals surface area contributed by atoms with E-state index in [1.807, 2.05) is 26.8 Å². The Morgan fingerprint density at radius 3 is 2.35 bits per heavy atom. The van der Waals surface area contributed by atoms with Crippen molar-refractivity contribution in [1.82, 2.24) is 15.1 Å². The molecule has 0 atom stereocenters. The topological polar surface area (TPSA) is 52.7 Å². The SMILES string of the molecule is CC(C)(C)NC(=O)CN1CCN(C(=O)/C=C/c2ccc(Cl)c(Cl)c2)CC1. The standard InChI is InChI=1S/C19H25Cl2N3O2/c1-19(2,3)22-17(25)13-23-8-10-24(11-9-23)18(26)7-5-14-4-6-15(20)16(21)12-14/h4-7,12H,8-11,13H2,1-3H3,(H,22,25)/b7-5+. The Morgan fingerprint density at radius 1 is 1.12 bits per heavy atom. The van der Waals surface area contributed by atoms with E-state index in [1.165, 1.54) is 0 Å². The van der Waals surface area contributed by atoms with Crippen molar-refractivity contribution in [3.8, 4) is 0 Å². The molecule has 1 fully saturated rings. The molecule has 0 spiro atoms. The van der Waals surface area contributed by atoms with E-state index in [1.54, 1.807) is 29.2 Å². The first-order chi connectivity index (χ1) is 12.1. The Morgan fingerprint density at radius 2 is 1.77 bits per heavy atom. The summed E-state index contributed by atoms with van der Waals surface area (Å²) in [6, 6.07) is 5.23. The lowest BCUT2D eigenvalue weighted by atomic mass is 10.1. The molecule has 0 bridgehead atoms. The minimum Gasteiger partial charge on any atom is -0.350 e. The third kappa shape index (κ3) is 6.63. The monoisotopic (exact) mass is 397 g/mol.